The molecule has 0 aliphatic carbocycles. The largest absolute Gasteiger partial charge is 0.379 e. The second-order valence-corrected chi connectivity index (χ2v) is 5.92. The van der Waals surface area contributed by atoms with E-state index in [1.807, 2.05) is 0 Å². The van der Waals surface area contributed by atoms with Crippen molar-refractivity contribution in [1.82, 2.24) is 5.32 Å². The van der Waals surface area contributed by atoms with Crippen LogP contribution in [0, 0.1) is 12.8 Å². The Hall–Kier alpha value is -0.860. The summed E-state index contributed by atoms with van der Waals surface area (Å²) < 4.78 is 6.05. The Morgan fingerprint density at radius 1 is 1.10 bits per heavy atom. The van der Waals surface area contributed by atoms with Crippen LogP contribution in [0.25, 0.3) is 0 Å². The van der Waals surface area contributed by atoms with Gasteiger partial charge in [0.25, 0.3) is 0 Å². The lowest BCUT2D eigenvalue weighted by molar-refractivity contribution is 0.0768. The number of aryl methyl sites for hydroxylation is 1. The lowest BCUT2D eigenvalue weighted by atomic mass is 10.00. The summed E-state index contributed by atoms with van der Waals surface area (Å²) in [5.74, 6) is 0.712. The van der Waals surface area contributed by atoms with E-state index in [-0.39, 0.29) is 0 Å². The van der Waals surface area contributed by atoms with Gasteiger partial charge in [0.15, 0.2) is 0 Å². The van der Waals surface area contributed by atoms with Gasteiger partial charge in [-0.3, -0.25) is 0 Å². The molecule has 1 N–H and O–H groups in total. The van der Waals surface area contributed by atoms with Gasteiger partial charge < -0.3 is 10.1 Å². The van der Waals surface area contributed by atoms with Crippen molar-refractivity contribution < 1.29 is 4.74 Å². The topological polar surface area (TPSA) is 21.3 Å². The maximum Gasteiger partial charge on any atom is 0.0661 e. The molecular formula is C19H33NO. The molecule has 21 heavy (non-hydrogen) atoms. The van der Waals surface area contributed by atoms with Crippen molar-refractivity contribution in [3.8, 4) is 0 Å². The van der Waals surface area contributed by atoms with E-state index in [2.05, 4.69) is 57.3 Å². The Morgan fingerprint density at radius 2 is 1.86 bits per heavy atom. The number of benzene rings is 1. The van der Waals surface area contributed by atoms with E-state index < -0.39 is 0 Å². The molecule has 1 aromatic rings. The monoisotopic (exact) mass is 291 g/mol. The van der Waals surface area contributed by atoms with E-state index in [0.717, 1.165) is 19.8 Å². The molecule has 0 radical (unpaired) electrons. The normalized spacial score (nSPS) is 14.1. The van der Waals surface area contributed by atoms with Gasteiger partial charge >= 0.3 is 0 Å². The molecule has 0 bridgehead atoms. The first-order valence-corrected chi connectivity index (χ1v) is 8.59. The van der Waals surface area contributed by atoms with Gasteiger partial charge in [0.05, 0.1) is 12.6 Å². The molecule has 2 atom stereocenters. The molecule has 0 saturated heterocycles. The van der Waals surface area contributed by atoms with Crippen molar-refractivity contribution in [3.63, 3.8) is 0 Å². The summed E-state index contributed by atoms with van der Waals surface area (Å²) in [6.45, 7) is 11.5. The minimum Gasteiger partial charge on any atom is -0.379 e. The maximum absolute atomic E-state index is 6.05. The summed E-state index contributed by atoms with van der Waals surface area (Å²) >= 11 is 0. The maximum atomic E-state index is 6.05. The fourth-order valence-corrected chi connectivity index (χ4v) is 2.73. The first kappa shape index (κ1) is 18.2. The van der Waals surface area contributed by atoms with Crippen LogP contribution in [0.4, 0.5) is 0 Å². The van der Waals surface area contributed by atoms with E-state index in [0.29, 0.717) is 12.0 Å². The number of hydrogen-bond acceptors (Lipinski definition) is 2. The van der Waals surface area contributed by atoms with Crippen LogP contribution >= 0.6 is 0 Å². The zero-order chi connectivity index (χ0) is 15.5. The van der Waals surface area contributed by atoms with Gasteiger partial charge in [-0.25, -0.2) is 0 Å². The highest BCUT2D eigenvalue weighted by Gasteiger charge is 2.14. The van der Waals surface area contributed by atoms with Crippen LogP contribution in [-0.4, -0.2) is 19.8 Å². The van der Waals surface area contributed by atoms with E-state index in [4.69, 9.17) is 4.74 Å². The van der Waals surface area contributed by atoms with Gasteiger partial charge in [-0.05, 0) is 36.9 Å². The van der Waals surface area contributed by atoms with Gasteiger partial charge in [-0.2, -0.15) is 0 Å². The van der Waals surface area contributed by atoms with Crippen molar-refractivity contribution in [1.29, 1.82) is 0 Å². The minimum atomic E-state index is 0.305. The van der Waals surface area contributed by atoms with Crippen molar-refractivity contribution in [2.75, 3.05) is 19.8 Å². The Bertz CT molecular complexity index is 378. The van der Waals surface area contributed by atoms with Crippen molar-refractivity contribution >= 4 is 0 Å². The quantitative estimate of drug-likeness (QED) is 0.627. The number of ether oxygens (including phenoxy) is 1. The molecule has 0 aliphatic rings. The molecule has 2 nitrogen and oxygen atoms in total. The lowest BCUT2D eigenvalue weighted by Gasteiger charge is -2.22. The summed E-state index contributed by atoms with van der Waals surface area (Å²) in [7, 11) is 0. The van der Waals surface area contributed by atoms with Crippen LogP contribution < -0.4 is 5.32 Å². The summed E-state index contributed by atoms with van der Waals surface area (Å²) in [6, 6.07) is 8.90. The third-order valence-electron chi connectivity index (χ3n) is 4.20. The number of unbranched alkanes of at least 4 members (excludes halogenated alkanes) is 1. The third kappa shape index (κ3) is 6.62. The Morgan fingerprint density at radius 3 is 2.48 bits per heavy atom. The van der Waals surface area contributed by atoms with Gasteiger partial charge in [0, 0.05) is 6.61 Å². The Labute approximate surface area is 131 Å². The molecule has 1 rings (SSSR count). The number of nitrogens with one attached hydrogen (secondary N) is 1. The van der Waals surface area contributed by atoms with Gasteiger partial charge in [0.1, 0.15) is 0 Å². The van der Waals surface area contributed by atoms with Crippen molar-refractivity contribution in [2.24, 2.45) is 5.92 Å². The average Bonchev–Trinajstić information content (AvgIpc) is 2.50. The fraction of sp³-hybridized carbons (Fsp3) is 0.684. The molecule has 0 spiro atoms. The summed E-state index contributed by atoms with van der Waals surface area (Å²) in [4.78, 5) is 0. The first-order chi connectivity index (χ1) is 10.2. The zero-order valence-electron chi connectivity index (χ0n) is 14.3. The fourth-order valence-electron chi connectivity index (χ4n) is 2.73. The molecule has 0 aliphatic heterocycles. The van der Waals surface area contributed by atoms with Crippen LogP contribution in [-0.2, 0) is 4.74 Å². The predicted molar refractivity (Wildman–Crippen MR) is 91.7 cm³/mol. The highest BCUT2D eigenvalue weighted by molar-refractivity contribution is 5.28. The lowest BCUT2D eigenvalue weighted by Crippen LogP contribution is -2.27. The van der Waals surface area contributed by atoms with E-state index in [9.17, 15) is 0 Å². The molecule has 120 valence electrons. The molecule has 0 saturated carbocycles. The number of likely N-dealkylation sites (N-methyl/N-ethyl adjacent to an activating group) is 1. The van der Waals surface area contributed by atoms with Gasteiger partial charge in [-0.1, -0.05) is 64.3 Å². The average molecular weight is 291 g/mol. The highest BCUT2D eigenvalue weighted by Crippen LogP contribution is 2.19. The van der Waals surface area contributed by atoms with Crippen LogP contribution in [0.15, 0.2) is 24.3 Å². The summed E-state index contributed by atoms with van der Waals surface area (Å²) in [5.41, 5.74) is 2.70. The Kier molecular flexibility index (Phi) is 9.36. The van der Waals surface area contributed by atoms with Crippen LogP contribution in [0.2, 0.25) is 0 Å². The van der Waals surface area contributed by atoms with Crippen molar-refractivity contribution in [2.45, 2.75) is 59.4 Å². The SMILES string of the molecule is CCCCC(CC)COCC(NCC)c1ccccc1C. The molecule has 0 aromatic heterocycles. The molecule has 0 amide bonds. The summed E-state index contributed by atoms with van der Waals surface area (Å²) in [6.07, 6.45) is 5.11. The van der Waals surface area contributed by atoms with Crippen molar-refractivity contribution in [3.05, 3.63) is 35.4 Å². The number of hydrogen-bond donors (Lipinski definition) is 1. The number of rotatable bonds is 11. The molecule has 1 aromatic carbocycles. The second kappa shape index (κ2) is 10.8. The smallest absolute Gasteiger partial charge is 0.0661 e. The van der Waals surface area contributed by atoms with Crippen LogP contribution in [0.3, 0.4) is 0 Å². The third-order valence-corrected chi connectivity index (χ3v) is 4.20. The van der Waals surface area contributed by atoms with E-state index in [1.165, 1.54) is 36.8 Å². The molecular weight excluding hydrogens is 258 g/mol. The molecule has 2 heteroatoms. The van der Waals surface area contributed by atoms with E-state index >= 15 is 0 Å². The predicted octanol–water partition coefficient (Wildman–Crippen LogP) is 4.88. The molecule has 2 unspecified atom stereocenters. The van der Waals surface area contributed by atoms with E-state index in [1.54, 1.807) is 0 Å². The summed E-state index contributed by atoms with van der Waals surface area (Å²) in [5, 5.41) is 3.55. The van der Waals surface area contributed by atoms with Crippen LogP contribution in [0.5, 0.6) is 0 Å². The van der Waals surface area contributed by atoms with Gasteiger partial charge in [0.2, 0.25) is 0 Å². The minimum absolute atomic E-state index is 0.305. The van der Waals surface area contributed by atoms with Gasteiger partial charge in [-0.15, -0.1) is 0 Å². The standard InChI is InChI=1S/C19H33NO/c1-5-8-12-17(6-2)14-21-15-19(20-7-3)18-13-10-9-11-16(18)4/h9-11,13,17,19-20H,5-8,12,14-15H2,1-4H3. The highest BCUT2D eigenvalue weighted by atomic mass is 16.5. The first-order valence-electron chi connectivity index (χ1n) is 8.59. The Balaban J connectivity index is 2.50. The second-order valence-electron chi connectivity index (χ2n) is 5.92. The zero-order valence-corrected chi connectivity index (χ0v) is 14.3. The molecule has 0 heterocycles. The molecule has 0 fully saturated rings. The van der Waals surface area contributed by atoms with Crippen LogP contribution in [0.1, 0.15) is 63.6 Å².